The number of hydrogen-bond acceptors (Lipinski definition) is 3. The molecule has 1 amide bonds. The maximum atomic E-state index is 12.3. The number of benzene rings is 2. The highest BCUT2D eigenvalue weighted by Gasteiger charge is 2.14. The molecule has 0 spiro atoms. The number of amides is 1. The van der Waals surface area contributed by atoms with Gasteiger partial charge in [-0.2, -0.15) is 5.26 Å². The van der Waals surface area contributed by atoms with Crippen LogP contribution in [0.2, 0.25) is 0 Å². The summed E-state index contributed by atoms with van der Waals surface area (Å²) in [6.45, 7) is 0. The molecule has 0 atom stereocenters. The van der Waals surface area contributed by atoms with E-state index >= 15 is 0 Å². The van der Waals surface area contributed by atoms with Gasteiger partial charge in [-0.3, -0.25) is 4.79 Å². The number of nitriles is 1. The first-order chi connectivity index (χ1) is 9.13. The van der Waals surface area contributed by atoms with Gasteiger partial charge in [-0.15, -0.1) is 0 Å². The summed E-state index contributed by atoms with van der Waals surface area (Å²) in [5.41, 5.74) is 8.10. The second-order valence-electron chi connectivity index (χ2n) is 4.11. The molecule has 0 aromatic heterocycles. The molecule has 0 aliphatic rings. The van der Waals surface area contributed by atoms with Crippen molar-refractivity contribution in [3.8, 4) is 6.07 Å². The maximum Gasteiger partial charge on any atom is 0.258 e. The van der Waals surface area contributed by atoms with Crippen molar-refractivity contribution in [2.75, 3.05) is 17.7 Å². The first-order valence-corrected chi connectivity index (χ1v) is 5.76. The third kappa shape index (κ3) is 2.55. The Morgan fingerprint density at radius 2 is 1.79 bits per heavy atom. The van der Waals surface area contributed by atoms with Gasteiger partial charge >= 0.3 is 0 Å². The fraction of sp³-hybridized carbons (Fsp3) is 0.0667. The Balaban J connectivity index is 2.29. The van der Waals surface area contributed by atoms with Crippen molar-refractivity contribution in [3.05, 3.63) is 59.7 Å². The predicted octanol–water partition coefficient (Wildman–Crippen LogP) is 2.42. The average Bonchev–Trinajstić information content (AvgIpc) is 2.46. The molecule has 0 fully saturated rings. The first-order valence-electron chi connectivity index (χ1n) is 5.76. The van der Waals surface area contributed by atoms with Gasteiger partial charge in [0.15, 0.2) is 0 Å². The van der Waals surface area contributed by atoms with E-state index < -0.39 is 0 Å². The highest BCUT2D eigenvalue weighted by Crippen LogP contribution is 2.22. The molecule has 2 aromatic rings. The molecule has 4 heteroatoms. The van der Waals surface area contributed by atoms with Gasteiger partial charge in [0.05, 0.1) is 23.0 Å². The fourth-order valence-electron chi connectivity index (χ4n) is 1.78. The molecular formula is C15H13N3O. The van der Waals surface area contributed by atoms with Gasteiger partial charge in [-0.1, -0.05) is 12.1 Å². The minimum Gasteiger partial charge on any atom is -0.397 e. The maximum absolute atomic E-state index is 12.3. The molecule has 0 bridgehead atoms. The Morgan fingerprint density at radius 3 is 2.37 bits per heavy atom. The van der Waals surface area contributed by atoms with Crippen LogP contribution < -0.4 is 10.6 Å². The fourth-order valence-corrected chi connectivity index (χ4v) is 1.78. The Bertz CT molecular complexity index is 641. The van der Waals surface area contributed by atoms with Gasteiger partial charge in [0.25, 0.3) is 5.91 Å². The van der Waals surface area contributed by atoms with E-state index in [0.29, 0.717) is 22.5 Å². The van der Waals surface area contributed by atoms with Gasteiger partial charge in [0.2, 0.25) is 0 Å². The molecule has 0 saturated heterocycles. The molecule has 0 radical (unpaired) electrons. The van der Waals surface area contributed by atoms with Crippen LogP contribution in [-0.4, -0.2) is 13.0 Å². The quantitative estimate of drug-likeness (QED) is 0.833. The molecule has 94 valence electrons. The van der Waals surface area contributed by atoms with Crippen molar-refractivity contribution < 1.29 is 4.79 Å². The second kappa shape index (κ2) is 5.23. The lowest BCUT2D eigenvalue weighted by Gasteiger charge is -2.19. The Kier molecular flexibility index (Phi) is 3.48. The monoisotopic (exact) mass is 251 g/mol. The molecular weight excluding hydrogens is 238 g/mol. The van der Waals surface area contributed by atoms with E-state index in [9.17, 15) is 4.79 Å². The van der Waals surface area contributed by atoms with Crippen LogP contribution in [-0.2, 0) is 0 Å². The molecule has 2 N–H and O–H groups in total. The summed E-state index contributed by atoms with van der Waals surface area (Å²) < 4.78 is 0. The van der Waals surface area contributed by atoms with E-state index in [4.69, 9.17) is 11.0 Å². The van der Waals surface area contributed by atoms with Gasteiger partial charge in [-0.25, -0.2) is 0 Å². The predicted molar refractivity (Wildman–Crippen MR) is 74.7 cm³/mol. The normalized spacial score (nSPS) is 9.68. The molecule has 2 rings (SSSR count). The molecule has 2 aromatic carbocycles. The van der Waals surface area contributed by atoms with Crippen LogP contribution >= 0.6 is 0 Å². The Hall–Kier alpha value is -2.80. The van der Waals surface area contributed by atoms with Gasteiger partial charge in [0, 0.05) is 12.6 Å². The number of anilines is 2. The average molecular weight is 251 g/mol. The summed E-state index contributed by atoms with van der Waals surface area (Å²) in [6.07, 6.45) is 0. The number of rotatable bonds is 2. The van der Waals surface area contributed by atoms with Crippen molar-refractivity contribution in [3.63, 3.8) is 0 Å². The van der Waals surface area contributed by atoms with E-state index in [1.807, 2.05) is 18.2 Å². The van der Waals surface area contributed by atoms with Crippen LogP contribution in [0.4, 0.5) is 11.4 Å². The van der Waals surface area contributed by atoms with Gasteiger partial charge in [0.1, 0.15) is 0 Å². The van der Waals surface area contributed by atoms with Crippen molar-refractivity contribution in [2.24, 2.45) is 0 Å². The number of hydrogen-bond donors (Lipinski definition) is 1. The molecule has 0 aliphatic heterocycles. The first kappa shape index (κ1) is 12.7. The lowest BCUT2D eigenvalue weighted by molar-refractivity contribution is 0.0993. The Labute approximate surface area is 111 Å². The molecule has 0 saturated carbocycles. The van der Waals surface area contributed by atoms with E-state index in [1.54, 1.807) is 43.4 Å². The molecule has 19 heavy (non-hydrogen) atoms. The summed E-state index contributed by atoms with van der Waals surface area (Å²) in [4.78, 5) is 13.8. The zero-order chi connectivity index (χ0) is 13.8. The lowest BCUT2D eigenvalue weighted by Crippen LogP contribution is -2.26. The van der Waals surface area contributed by atoms with Crippen molar-refractivity contribution in [1.82, 2.24) is 0 Å². The van der Waals surface area contributed by atoms with E-state index in [-0.39, 0.29) is 5.91 Å². The number of nitrogens with zero attached hydrogens (tertiary/aromatic N) is 2. The number of carbonyl (C=O) groups is 1. The van der Waals surface area contributed by atoms with Crippen molar-refractivity contribution in [2.45, 2.75) is 0 Å². The number of carbonyl (C=O) groups excluding carboxylic acids is 1. The highest BCUT2D eigenvalue weighted by atomic mass is 16.2. The standard InChI is InChI=1S/C15H13N3O/c1-18(14-5-3-2-4-13(14)17)15(19)12-8-6-11(10-16)7-9-12/h2-9H,17H2,1H3. The summed E-state index contributed by atoms with van der Waals surface area (Å²) in [7, 11) is 1.67. The number of nitrogen functional groups attached to an aromatic ring is 1. The zero-order valence-electron chi connectivity index (χ0n) is 10.5. The number of nitrogens with two attached hydrogens (primary N) is 1. The lowest BCUT2D eigenvalue weighted by atomic mass is 10.1. The topological polar surface area (TPSA) is 70.1 Å². The van der Waals surface area contributed by atoms with Gasteiger partial charge < -0.3 is 10.6 Å². The SMILES string of the molecule is CN(C(=O)c1ccc(C#N)cc1)c1ccccc1N. The third-order valence-corrected chi connectivity index (χ3v) is 2.86. The van der Waals surface area contributed by atoms with Crippen molar-refractivity contribution in [1.29, 1.82) is 5.26 Å². The van der Waals surface area contributed by atoms with Crippen LogP contribution in [0, 0.1) is 11.3 Å². The molecule has 0 aliphatic carbocycles. The van der Waals surface area contributed by atoms with E-state index in [2.05, 4.69) is 0 Å². The second-order valence-corrected chi connectivity index (χ2v) is 4.11. The van der Waals surface area contributed by atoms with Crippen LogP contribution in [0.15, 0.2) is 48.5 Å². The third-order valence-electron chi connectivity index (χ3n) is 2.86. The molecule has 0 unspecified atom stereocenters. The Morgan fingerprint density at radius 1 is 1.16 bits per heavy atom. The van der Waals surface area contributed by atoms with Crippen LogP contribution in [0.25, 0.3) is 0 Å². The highest BCUT2D eigenvalue weighted by molar-refractivity contribution is 6.07. The van der Waals surface area contributed by atoms with Crippen LogP contribution in [0.1, 0.15) is 15.9 Å². The van der Waals surface area contributed by atoms with Crippen molar-refractivity contribution >= 4 is 17.3 Å². The minimum atomic E-state index is -0.164. The zero-order valence-corrected chi connectivity index (χ0v) is 10.5. The van der Waals surface area contributed by atoms with Crippen LogP contribution in [0.3, 0.4) is 0 Å². The summed E-state index contributed by atoms with van der Waals surface area (Å²) in [5, 5.41) is 8.73. The summed E-state index contributed by atoms with van der Waals surface area (Å²) in [6, 6.07) is 15.7. The van der Waals surface area contributed by atoms with Gasteiger partial charge in [-0.05, 0) is 36.4 Å². The minimum absolute atomic E-state index is 0.164. The van der Waals surface area contributed by atoms with E-state index in [0.717, 1.165) is 0 Å². The van der Waals surface area contributed by atoms with Crippen LogP contribution in [0.5, 0.6) is 0 Å². The summed E-state index contributed by atoms with van der Waals surface area (Å²) >= 11 is 0. The smallest absolute Gasteiger partial charge is 0.258 e. The molecule has 0 heterocycles. The van der Waals surface area contributed by atoms with E-state index in [1.165, 1.54) is 4.90 Å². The number of para-hydroxylation sites is 2. The summed E-state index contributed by atoms with van der Waals surface area (Å²) in [5.74, 6) is -0.164. The molecule has 4 nitrogen and oxygen atoms in total. The largest absolute Gasteiger partial charge is 0.397 e.